The lowest BCUT2D eigenvalue weighted by atomic mass is 10.5. The zero-order valence-electron chi connectivity index (χ0n) is 13.9. The van der Waals surface area contributed by atoms with Gasteiger partial charge in [0.2, 0.25) is 5.91 Å². The molecule has 1 N–H and O–H groups in total. The van der Waals surface area contributed by atoms with Crippen molar-refractivity contribution in [3.63, 3.8) is 0 Å². The molecule has 0 aromatic rings. The van der Waals surface area contributed by atoms with Crippen molar-refractivity contribution < 1.29 is 27.4 Å². The Labute approximate surface area is 153 Å². The Morgan fingerprint density at radius 2 is 1.83 bits per heavy atom. The van der Waals surface area contributed by atoms with Gasteiger partial charge in [-0.15, -0.1) is 0 Å². The van der Waals surface area contributed by atoms with Crippen molar-refractivity contribution in [1.82, 2.24) is 5.32 Å². The first-order valence-electron chi connectivity index (χ1n) is 7.25. The summed E-state index contributed by atoms with van der Waals surface area (Å²) in [6.07, 6.45) is 1.03. The number of rotatable bonds is 13. The number of amides is 1. The Morgan fingerprint density at radius 1 is 1.17 bits per heavy atom. The third-order valence-electron chi connectivity index (χ3n) is 2.24. The van der Waals surface area contributed by atoms with E-state index in [-0.39, 0.29) is 18.3 Å². The van der Waals surface area contributed by atoms with Crippen molar-refractivity contribution in [2.75, 3.05) is 56.9 Å². The second-order valence-electron chi connectivity index (χ2n) is 4.23. The average Bonchev–Trinajstić information content (AvgIpc) is 2.54. The molecule has 0 rings (SSSR count). The normalized spacial score (nSPS) is 10.6. The third kappa shape index (κ3) is 21.8. The fourth-order valence-electron chi connectivity index (χ4n) is 1.06. The molecular weight excluding hydrogens is 437 g/mol. The van der Waals surface area contributed by atoms with E-state index in [4.69, 9.17) is 14.2 Å². The molecule has 0 saturated carbocycles. The maximum absolute atomic E-state index is 10.8. The van der Waals surface area contributed by atoms with Crippen LogP contribution in [0, 0.1) is 0 Å². The zero-order chi connectivity index (χ0) is 18.0. The Hall–Kier alpha value is -0.230. The van der Waals surface area contributed by atoms with Crippen LogP contribution in [0.15, 0.2) is 12.0 Å². The molecular formula is C14H28INO6S. The van der Waals surface area contributed by atoms with Gasteiger partial charge in [0.25, 0.3) is 0 Å². The highest BCUT2D eigenvalue weighted by Gasteiger charge is 2.03. The zero-order valence-corrected chi connectivity index (χ0v) is 16.9. The number of ether oxygens (including phenoxy) is 3. The van der Waals surface area contributed by atoms with Crippen molar-refractivity contribution in [2.45, 2.75) is 13.3 Å². The van der Waals surface area contributed by atoms with Gasteiger partial charge in [0, 0.05) is 25.7 Å². The molecule has 0 saturated heterocycles. The number of alkyl halides is 1. The largest absolute Gasteiger partial charge is 0.382 e. The van der Waals surface area contributed by atoms with Crippen molar-refractivity contribution in [3.8, 4) is 0 Å². The summed E-state index contributed by atoms with van der Waals surface area (Å²) in [7, 11) is -1.55. The average molecular weight is 465 g/mol. The number of hydrogen-bond donors (Lipinski definition) is 1. The van der Waals surface area contributed by atoms with E-state index in [1.807, 2.05) is 22.6 Å². The Morgan fingerprint density at radius 3 is 2.35 bits per heavy atom. The summed E-state index contributed by atoms with van der Waals surface area (Å²) in [5.41, 5.74) is 0. The number of sulfone groups is 1. The SMILES string of the molecule is C=CS(=O)(=O)CCOCCOC.CCCOCCNC(=O)CI. The number of hydrogen-bond acceptors (Lipinski definition) is 6. The van der Waals surface area contributed by atoms with E-state index in [1.54, 1.807) is 7.11 Å². The monoisotopic (exact) mass is 465 g/mol. The second-order valence-corrected chi connectivity index (χ2v) is 7.06. The highest BCUT2D eigenvalue weighted by molar-refractivity contribution is 14.1. The minimum absolute atomic E-state index is 0.0137. The predicted molar refractivity (Wildman–Crippen MR) is 99.7 cm³/mol. The summed E-state index contributed by atoms with van der Waals surface area (Å²) in [6.45, 7) is 8.36. The van der Waals surface area contributed by atoms with Crippen LogP contribution >= 0.6 is 22.6 Å². The summed E-state index contributed by atoms with van der Waals surface area (Å²) in [6, 6.07) is 0. The Balaban J connectivity index is 0. The van der Waals surface area contributed by atoms with Crippen molar-refractivity contribution in [3.05, 3.63) is 12.0 Å². The molecule has 0 aromatic carbocycles. The van der Waals surface area contributed by atoms with Gasteiger partial charge >= 0.3 is 0 Å². The van der Waals surface area contributed by atoms with Gasteiger partial charge in [-0.05, 0) is 6.42 Å². The summed E-state index contributed by atoms with van der Waals surface area (Å²) >= 11 is 2.03. The van der Waals surface area contributed by atoms with Crippen LogP contribution < -0.4 is 5.32 Å². The molecule has 0 atom stereocenters. The highest BCUT2D eigenvalue weighted by Crippen LogP contribution is 1.90. The first-order valence-corrected chi connectivity index (χ1v) is 10.5. The molecule has 138 valence electrons. The number of carbonyl (C=O) groups excluding carboxylic acids is 1. The standard InChI is InChI=1S/C7H14INO2.C7H14O4S/c1-2-4-11-5-3-9-7(10)6-8;1-3-12(8,9)7-6-11-5-4-10-2/h2-6H2,1H3,(H,9,10);3H,1,4-7H2,2H3. The smallest absolute Gasteiger partial charge is 0.229 e. The summed E-state index contributed by atoms with van der Waals surface area (Å²) in [4.78, 5) is 10.7. The van der Waals surface area contributed by atoms with Gasteiger partial charge in [0.05, 0.1) is 36.6 Å². The van der Waals surface area contributed by atoms with Crippen LogP contribution in [0.25, 0.3) is 0 Å². The van der Waals surface area contributed by atoms with Gasteiger partial charge in [0.15, 0.2) is 9.84 Å². The predicted octanol–water partition coefficient (Wildman–Crippen LogP) is 1.17. The van der Waals surface area contributed by atoms with Crippen molar-refractivity contribution in [2.24, 2.45) is 0 Å². The van der Waals surface area contributed by atoms with Crippen molar-refractivity contribution >= 4 is 38.3 Å². The van der Waals surface area contributed by atoms with E-state index in [0.717, 1.165) is 18.4 Å². The van der Waals surface area contributed by atoms with Crippen molar-refractivity contribution in [1.29, 1.82) is 0 Å². The lowest BCUT2D eigenvalue weighted by Gasteiger charge is -2.02. The second kappa shape index (κ2) is 18.1. The fourth-order valence-corrected chi connectivity index (χ4v) is 1.85. The first kappa shape index (κ1) is 25.0. The number of carbonyl (C=O) groups is 1. The van der Waals surface area contributed by atoms with Crippen LogP contribution in [0.2, 0.25) is 0 Å². The van der Waals surface area contributed by atoms with Gasteiger partial charge in [-0.2, -0.15) is 0 Å². The Kier molecular flexibility index (Phi) is 19.7. The van der Waals surface area contributed by atoms with E-state index in [1.165, 1.54) is 0 Å². The van der Waals surface area contributed by atoms with Gasteiger partial charge < -0.3 is 19.5 Å². The maximum atomic E-state index is 10.8. The van der Waals surface area contributed by atoms with Crippen LogP contribution in [0.1, 0.15) is 13.3 Å². The minimum Gasteiger partial charge on any atom is -0.382 e. The van der Waals surface area contributed by atoms with Gasteiger partial charge in [0.1, 0.15) is 0 Å². The minimum atomic E-state index is -3.11. The molecule has 0 aliphatic carbocycles. The molecule has 0 aliphatic rings. The van der Waals surface area contributed by atoms with E-state index in [9.17, 15) is 13.2 Å². The fraction of sp³-hybridized carbons (Fsp3) is 0.786. The van der Waals surface area contributed by atoms with E-state index < -0.39 is 9.84 Å². The quantitative estimate of drug-likeness (QED) is 0.250. The molecule has 0 radical (unpaired) electrons. The molecule has 0 aromatic heterocycles. The Bertz CT molecular complexity index is 389. The molecule has 9 heteroatoms. The topological polar surface area (TPSA) is 90.9 Å². The van der Waals surface area contributed by atoms with E-state index in [2.05, 4.69) is 18.8 Å². The van der Waals surface area contributed by atoms with Crippen LogP contribution in [0.5, 0.6) is 0 Å². The van der Waals surface area contributed by atoms with Crippen LogP contribution in [-0.4, -0.2) is 71.2 Å². The van der Waals surface area contributed by atoms with Crippen LogP contribution in [0.4, 0.5) is 0 Å². The highest BCUT2D eigenvalue weighted by atomic mass is 127. The number of methoxy groups -OCH3 is 1. The van der Waals surface area contributed by atoms with Gasteiger partial charge in [-0.25, -0.2) is 8.42 Å². The summed E-state index contributed by atoms with van der Waals surface area (Å²) in [5, 5.41) is 3.66. The molecule has 1 amide bonds. The first-order chi connectivity index (χ1) is 10.9. The van der Waals surface area contributed by atoms with E-state index in [0.29, 0.717) is 30.8 Å². The molecule has 23 heavy (non-hydrogen) atoms. The molecule has 0 fully saturated rings. The number of nitrogens with one attached hydrogen (secondary N) is 1. The molecule has 0 heterocycles. The summed E-state index contributed by atoms with van der Waals surface area (Å²) < 4.78 is 37.0. The molecule has 7 nitrogen and oxygen atoms in total. The van der Waals surface area contributed by atoms with Crippen LogP contribution in [-0.2, 0) is 28.8 Å². The van der Waals surface area contributed by atoms with Crippen LogP contribution in [0.3, 0.4) is 0 Å². The molecule has 0 bridgehead atoms. The molecule has 0 spiro atoms. The van der Waals surface area contributed by atoms with Gasteiger partial charge in [-0.1, -0.05) is 36.1 Å². The molecule has 0 unspecified atom stereocenters. The lowest BCUT2D eigenvalue weighted by Crippen LogP contribution is -2.27. The lowest BCUT2D eigenvalue weighted by molar-refractivity contribution is -0.118. The number of halogens is 1. The maximum Gasteiger partial charge on any atom is 0.229 e. The summed E-state index contributed by atoms with van der Waals surface area (Å²) in [5.74, 6) is 0.0610. The third-order valence-corrected chi connectivity index (χ3v) is 4.17. The van der Waals surface area contributed by atoms with E-state index >= 15 is 0 Å². The van der Waals surface area contributed by atoms with Gasteiger partial charge in [-0.3, -0.25) is 4.79 Å². The molecule has 0 aliphatic heterocycles.